The number of amides is 1. The molecule has 0 fully saturated rings. The predicted octanol–water partition coefficient (Wildman–Crippen LogP) is 1.91. The molecule has 13 heavy (non-hydrogen) atoms. The van der Waals surface area contributed by atoms with Gasteiger partial charge in [0.25, 0.3) is 5.91 Å². The molecule has 1 rings (SSSR count). The number of hydrogen-bond donors (Lipinski definition) is 1. The molecule has 0 aliphatic carbocycles. The highest BCUT2D eigenvalue weighted by Gasteiger charge is 2.03. The van der Waals surface area contributed by atoms with Gasteiger partial charge in [0.2, 0.25) is 0 Å². The van der Waals surface area contributed by atoms with Gasteiger partial charge in [-0.1, -0.05) is 12.1 Å². The molecule has 1 N–H and O–H groups in total. The predicted molar refractivity (Wildman–Crippen MR) is 49.3 cm³/mol. The van der Waals surface area contributed by atoms with Crippen LogP contribution in [0.25, 0.3) is 0 Å². The van der Waals surface area contributed by atoms with Crippen molar-refractivity contribution in [2.45, 2.75) is 13.6 Å². The van der Waals surface area contributed by atoms with E-state index in [0.29, 0.717) is 17.7 Å². The molecule has 0 saturated carbocycles. The summed E-state index contributed by atoms with van der Waals surface area (Å²) in [6, 6.07) is 6.57. The third kappa shape index (κ3) is 2.54. The van der Waals surface area contributed by atoms with Gasteiger partial charge in [0.15, 0.2) is 0 Å². The fourth-order valence-corrected chi connectivity index (χ4v) is 1.06. The number of halogens is 1. The van der Waals surface area contributed by atoms with E-state index in [-0.39, 0.29) is 5.91 Å². The molecular weight excluding hydrogens is 169 g/mol. The Morgan fingerprint density at radius 2 is 2.31 bits per heavy atom. The van der Waals surface area contributed by atoms with Gasteiger partial charge in [0, 0.05) is 12.1 Å². The zero-order valence-corrected chi connectivity index (χ0v) is 7.51. The number of nitrogens with one attached hydrogen (secondary N) is 1. The Bertz CT molecular complexity index is 299. The monoisotopic (exact) mass is 181 g/mol. The van der Waals surface area contributed by atoms with Gasteiger partial charge in [-0.25, -0.2) is 4.39 Å². The van der Waals surface area contributed by atoms with Crippen molar-refractivity contribution in [3.8, 4) is 0 Å². The van der Waals surface area contributed by atoms with Gasteiger partial charge >= 0.3 is 0 Å². The maximum atomic E-state index is 12.2. The molecule has 1 aromatic carbocycles. The van der Waals surface area contributed by atoms with E-state index in [1.807, 2.05) is 6.92 Å². The van der Waals surface area contributed by atoms with Crippen LogP contribution in [0.15, 0.2) is 24.3 Å². The second kappa shape index (κ2) is 4.60. The number of carbonyl (C=O) groups is 1. The number of alkyl halides is 1. The number of carbonyl (C=O) groups excluding carboxylic acids is 1. The van der Waals surface area contributed by atoms with E-state index < -0.39 is 6.67 Å². The Hall–Kier alpha value is -1.38. The highest BCUT2D eigenvalue weighted by Crippen LogP contribution is 2.06. The molecule has 1 aromatic rings. The molecule has 3 heteroatoms. The van der Waals surface area contributed by atoms with Gasteiger partial charge in [-0.2, -0.15) is 0 Å². The average molecular weight is 181 g/mol. The normalized spacial score (nSPS) is 9.69. The van der Waals surface area contributed by atoms with Crippen LogP contribution in [0, 0.1) is 0 Å². The largest absolute Gasteiger partial charge is 0.352 e. The molecule has 2 nitrogen and oxygen atoms in total. The molecule has 0 atom stereocenters. The minimum atomic E-state index is -0.534. The zero-order valence-electron chi connectivity index (χ0n) is 7.51. The zero-order chi connectivity index (χ0) is 9.68. The molecule has 0 aliphatic heterocycles. The Morgan fingerprint density at radius 1 is 1.54 bits per heavy atom. The first kappa shape index (κ1) is 9.71. The molecule has 0 aliphatic rings. The fourth-order valence-electron chi connectivity index (χ4n) is 1.06. The summed E-state index contributed by atoms with van der Waals surface area (Å²) >= 11 is 0. The SMILES string of the molecule is CCNC(=O)c1cccc(CF)c1. The summed E-state index contributed by atoms with van der Waals surface area (Å²) in [5, 5.41) is 2.65. The van der Waals surface area contributed by atoms with Crippen LogP contribution < -0.4 is 5.32 Å². The van der Waals surface area contributed by atoms with Crippen LogP contribution >= 0.6 is 0 Å². The molecule has 0 saturated heterocycles. The van der Waals surface area contributed by atoms with Gasteiger partial charge in [-0.3, -0.25) is 4.79 Å². The summed E-state index contributed by atoms with van der Waals surface area (Å²) in [7, 11) is 0. The quantitative estimate of drug-likeness (QED) is 0.758. The number of benzene rings is 1. The van der Waals surface area contributed by atoms with Gasteiger partial charge < -0.3 is 5.32 Å². The highest BCUT2D eigenvalue weighted by molar-refractivity contribution is 5.94. The third-order valence-electron chi connectivity index (χ3n) is 1.68. The third-order valence-corrected chi connectivity index (χ3v) is 1.68. The van der Waals surface area contributed by atoms with Gasteiger partial charge in [-0.15, -0.1) is 0 Å². The Kier molecular flexibility index (Phi) is 3.43. The van der Waals surface area contributed by atoms with Gasteiger partial charge in [-0.05, 0) is 24.6 Å². The summed E-state index contributed by atoms with van der Waals surface area (Å²) < 4.78 is 12.2. The van der Waals surface area contributed by atoms with Crippen molar-refractivity contribution in [2.24, 2.45) is 0 Å². The second-order valence-electron chi connectivity index (χ2n) is 2.69. The fraction of sp³-hybridized carbons (Fsp3) is 0.300. The van der Waals surface area contributed by atoms with E-state index >= 15 is 0 Å². The molecule has 0 aromatic heterocycles. The van der Waals surface area contributed by atoms with Crippen molar-refractivity contribution in [3.05, 3.63) is 35.4 Å². The molecule has 0 radical (unpaired) electrons. The average Bonchev–Trinajstić information content (AvgIpc) is 2.18. The van der Waals surface area contributed by atoms with Crippen molar-refractivity contribution < 1.29 is 9.18 Å². The van der Waals surface area contributed by atoms with E-state index in [0.717, 1.165) is 0 Å². The van der Waals surface area contributed by atoms with E-state index in [4.69, 9.17) is 0 Å². The topological polar surface area (TPSA) is 29.1 Å². The summed E-state index contributed by atoms with van der Waals surface area (Å²) in [6.45, 7) is 1.89. The lowest BCUT2D eigenvalue weighted by Crippen LogP contribution is -2.22. The molecular formula is C10H12FNO. The van der Waals surface area contributed by atoms with Crippen molar-refractivity contribution >= 4 is 5.91 Å². The lowest BCUT2D eigenvalue weighted by Gasteiger charge is -2.02. The minimum Gasteiger partial charge on any atom is -0.352 e. The molecule has 0 spiro atoms. The molecule has 70 valence electrons. The van der Waals surface area contributed by atoms with E-state index in [1.165, 1.54) is 0 Å². The van der Waals surface area contributed by atoms with E-state index in [2.05, 4.69) is 5.32 Å². The van der Waals surface area contributed by atoms with Crippen molar-refractivity contribution in [3.63, 3.8) is 0 Å². The van der Waals surface area contributed by atoms with Crippen molar-refractivity contribution in [1.82, 2.24) is 5.32 Å². The minimum absolute atomic E-state index is 0.155. The van der Waals surface area contributed by atoms with Crippen molar-refractivity contribution in [1.29, 1.82) is 0 Å². The standard InChI is InChI=1S/C10H12FNO/c1-2-12-10(13)9-5-3-4-8(6-9)7-11/h3-6H,2,7H2,1H3,(H,12,13). The lowest BCUT2D eigenvalue weighted by atomic mass is 10.1. The first-order valence-electron chi connectivity index (χ1n) is 4.21. The lowest BCUT2D eigenvalue weighted by molar-refractivity contribution is 0.0955. The Balaban J connectivity index is 2.82. The van der Waals surface area contributed by atoms with Crippen LogP contribution in [-0.4, -0.2) is 12.5 Å². The van der Waals surface area contributed by atoms with Crippen LogP contribution in [0.2, 0.25) is 0 Å². The summed E-state index contributed by atoms with van der Waals surface area (Å²) in [5.74, 6) is -0.155. The Morgan fingerprint density at radius 3 is 2.92 bits per heavy atom. The molecule has 0 heterocycles. The maximum Gasteiger partial charge on any atom is 0.251 e. The van der Waals surface area contributed by atoms with Gasteiger partial charge in [0.05, 0.1) is 0 Å². The summed E-state index contributed by atoms with van der Waals surface area (Å²) in [5.41, 5.74) is 1.04. The van der Waals surface area contributed by atoms with Crippen LogP contribution in [-0.2, 0) is 6.67 Å². The van der Waals surface area contributed by atoms with E-state index in [1.54, 1.807) is 24.3 Å². The maximum absolute atomic E-state index is 12.2. The second-order valence-corrected chi connectivity index (χ2v) is 2.69. The van der Waals surface area contributed by atoms with Crippen molar-refractivity contribution in [2.75, 3.05) is 6.54 Å². The first-order valence-corrected chi connectivity index (χ1v) is 4.21. The molecule has 0 bridgehead atoms. The van der Waals surface area contributed by atoms with Crippen LogP contribution in [0.3, 0.4) is 0 Å². The van der Waals surface area contributed by atoms with Crippen LogP contribution in [0.5, 0.6) is 0 Å². The first-order chi connectivity index (χ1) is 6.27. The van der Waals surface area contributed by atoms with Crippen LogP contribution in [0.1, 0.15) is 22.8 Å². The smallest absolute Gasteiger partial charge is 0.251 e. The molecule has 0 unspecified atom stereocenters. The summed E-state index contributed by atoms with van der Waals surface area (Å²) in [6.07, 6.45) is 0. The Labute approximate surface area is 76.8 Å². The van der Waals surface area contributed by atoms with Gasteiger partial charge in [0.1, 0.15) is 6.67 Å². The van der Waals surface area contributed by atoms with E-state index in [9.17, 15) is 9.18 Å². The summed E-state index contributed by atoms with van der Waals surface area (Å²) in [4.78, 5) is 11.3. The number of hydrogen-bond acceptors (Lipinski definition) is 1. The highest BCUT2D eigenvalue weighted by atomic mass is 19.1. The molecule has 1 amide bonds. The van der Waals surface area contributed by atoms with Crippen LogP contribution in [0.4, 0.5) is 4.39 Å². The number of rotatable bonds is 3.